The van der Waals surface area contributed by atoms with Crippen molar-refractivity contribution in [2.24, 2.45) is 0 Å². The van der Waals surface area contributed by atoms with Gasteiger partial charge in [0.05, 0.1) is 0 Å². The molecular formula is C7H11. The van der Waals surface area contributed by atoms with Crippen LogP contribution >= 0.6 is 0 Å². The molecule has 0 aliphatic heterocycles. The molecule has 1 aliphatic rings. The van der Waals surface area contributed by atoms with Gasteiger partial charge < -0.3 is 0 Å². The first-order valence-corrected chi connectivity index (χ1v) is 3.02. The molecular weight excluding hydrogens is 84.1 g/mol. The van der Waals surface area contributed by atoms with Crippen LogP contribution in [0, 0.1) is 6.08 Å². The fraction of sp³-hybridized carbons (Fsp3) is 0.714. The molecule has 0 nitrogen and oxygen atoms in total. The Kier molecular flexibility index (Phi) is 1.50. The van der Waals surface area contributed by atoms with Gasteiger partial charge in [-0.2, -0.15) is 0 Å². The average Bonchev–Trinajstić information content (AvgIpc) is 1.55. The zero-order chi connectivity index (χ0) is 5.11. The number of hydrogen-bond acceptors (Lipinski definition) is 0. The first kappa shape index (κ1) is 4.89. The van der Waals surface area contributed by atoms with Crippen LogP contribution in [0.2, 0.25) is 0 Å². The average molecular weight is 95.2 g/mol. The molecule has 0 bridgehead atoms. The van der Waals surface area contributed by atoms with Gasteiger partial charge in [-0.1, -0.05) is 12.5 Å². The SMILES string of the molecule is CC[C]=C1CCC1. The third-order valence-electron chi connectivity index (χ3n) is 1.38. The highest BCUT2D eigenvalue weighted by atomic mass is 14.1. The molecule has 1 aliphatic carbocycles. The molecule has 0 saturated heterocycles. The van der Waals surface area contributed by atoms with E-state index >= 15 is 0 Å². The Bertz CT molecular complexity index is 74.0. The Labute approximate surface area is 45.2 Å². The van der Waals surface area contributed by atoms with Crippen LogP contribution in [0.4, 0.5) is 0 Å². The Morgan fingerprint density at radius 2 is 2.29 bits per heavy atom. The van der Waals surface area contributed by atoms with Crippen LogP contribution in [-0.2, 0) is 0 Å². The van der Waals surface area contributed by atoms with Crippen LogP contribution in [0.1, 0.15) is 32.6 Å². The molecule has 7 heavy (non-hydrogen) atoms. The lowest BCUT2D eigenvalue weighted by Gasteiger charge is -2.14. The normalized spacial score (nSPS) is 18.7. The summed E-state index contributed by atoms with van der Waals surface area (Å²) < 4.78 is 0. The van der Waals surface area contributed by atoms with Crippen molar-refractivity contribution in [1.82, 2.24) is 0 Å². The Balaban J connectivity index is 2.23. The molecule has 0 N–H and O–H groups in total. The minimum Gasteiger partial charge on any atom is -0.0667 e. The van der Waals surface area contributed by atoms with Gasteiger partial charge in [0.2, 0.25) is 0 Å². The monoisotopic (exact) mass is 95.1 g/mol. The van der Waals surface area contributed by atoms with E-state index in [1.807, 2.05) is 0 Å². The van der Waals surface area contributed by atoms with Gasteiger partial charge in [0.25, 0.3) is 0 Å². The number of rotatable bonds is 1. The second kappa shape index (κ2) is 2.15. The quantitative estimate of drug-likeness (QED) is 0.469. The van der Waals surface area contributed by atoms with Crippen molar-refractivity contribution in [3.8, 4) is 0 Å². The second-order valence-corrected chi connectivity index (χ2v) is 1.99. The Hall–Kier alpha value is -0.260. The second-order valence-electron chi connectivity index (χ2n) is 1.99. The van der Waals surface area contributed by atoms with Crippen molar-refractivity contribution >= 4 is 0 Å². The van der Waals surface area contributed by atoms with E-state index in [0.29, 0.717) is 0 Å². The largest absolute Gasteiger partial charge is 0.0667 e. The lowest BCUT2D eigenvalue weighted by molar-refractivity contribution is 0.652. The van der Waals surface area contributed by atoms with Crippen LogP contribution in [0.15, 0.2) is 5.57 Å². The van der Waals surface area contributed by atoms with Gasteiger partial charge in [-0.3, -0.25) is 0 Å². The molecule has 39 valence electrons. The van der Waals surface area contributed by atoms with Crippen LogP contribution in [0.5, 0.6) is 0 Å². The van der Waals surface area contributed by atoms with Crippen molar-refractivity contribution < 1.29 is 0 Å². The molecule has 0 heteroatoms. The lowest BCUT2D eigenvalue weighted by Crippen LogP contribution is -1.95. The predicted molar refractivity (Wildman–Crippen MR) is 30.9 cm³/mol. The van der Waals surface area contributed by atoms with Gasteiger partial charge in [0, 0.05) is 0 Å². The third-order valence-corrected chi connectivity index (χ3v) is 1.38. The minimum atomic E-state index is 1.11. The highest BCUT2D eigenvalue weighted by Gasteiger charge is 2.05. The highest BCUT2D eigenvalue weighted by molar-refractivity contribution is 5.04. The van der Waals surface area contributed by atoms with Crippen LogP contribution in [0.3, 0.4) is 0 Å². The summed E-state index contributed by atoms with van der Waals surface area (Å²) >= 11 is 0. The molecule has 0 unspecified atom stereocenters. The van der Waals surface area contributed by atoms with Crippen molar-refractivity contribution in [1.29, 1.82) is 0 Å². The summed E-state index contributed by atoms with van der Waals surface area (Å²) in [7, 11) is 0. The standard InChI is InChI=1S/C7H11/c1-2-4-7-5-3-6-7/h2-3,5-6H2,1H3. The van der Waals surface area contributed by atoms with E-state index in [1.54, 1.807) is 5.57 Å². The van der Waals surface area contributed by atoms with Crippen molar-refractivity contribution in [3.05, 3.63) is 11.6 Å². The summed E-state index contributed by atoms with van der Waals surface area (Å²) in [5, 5.41) is 0. The van der Waals surface area contributed by atoms with Gasteiger partial charge >= 0.3 is 0 Å². The molecule has 0 heterocycles. The van der Waals surface area contributed by atoms with E-state index in [4.69, 9.17) is 0 Å². The van der Waals surface area contributed by atoms with Crippen molar-refractivity contribution in [2.75, 3.05) is 0 Å². The van der Waals surface area contributed by atoms with E-state index in [0.717, 1.165) is 6.42 Å². The molecule has 1 rings (SSSR count). The zero-order valence-electron chi connectivity index (χ0n) is 4.83. The summed E-state index contributed by atoms with van der Waals surface area (Å²) in [6, 6.07) is 0. The molecule has 0 amide bonds. The molecule has 0 spiro atoms. The number of allylic oxidation sites excluding steroid dienone is 2. The van der Waals surface area contributed by atoms with Crippen molar-refractivity contribution in [2.45, 2.75) is 32.6 Å². The van der Waals surface area contributed by atoms with Crippen molar-refractivity contribution in [3.63, 3.8) is 0 Å². The smallest absolute Gasteiger partial charge is 0.0305 e. The van der Waals surface area contributed by atoms with Crippen LogP contribution < -0.4 is 0 Å². The molecule has 1 radical (unpaired) electrons. The number of hydrogen-bond donors (Lipinski definition) is 0. The molecule has 1 fully saturated rings. The maximum absolute atomic E-state index is 3.30. The predicted octanol–water partition coefficient (Wildman–Crippen LogP) is 2.31. The maximum Gasteiger partial charge on any atom is -0.0305 e. The fourth-order valence-electron chi connectivity index (χ4n) is 0.780. The third kappa shape index (κ3) is 1.05. The van der Waals surface area contributed by atoms with E-state index in [2.05, 4.69) is 13.0 Å². The summed E-state index contributed by atoms with van der Waals surface area (Å²) in [5.41, 5.74) is 1.56. The minimum absolute atomic E-state index is 1.11. The van der Waals surface area contributed by atoms with E-state index in [1.165, 1.54) is 19.3 Å². The van der Waals surface area contributed by atoms with Gasteiger partial charge in [0.15, 0.2) is 0 Å². The van der Waals surface area contributed by atoms with Crippen LogP contribution in [0.25, 0.3) is 0 Å². The first-order chi connectivity index (χ1) is 3.43. The van der Waals surface area contributed by atoms with E-state index < -0.39 is 0 Å². The molecule has 0 aromatic heterocycles. The molecule has 0 aromatic carbocycles. The Morgan fingerprint density at radius 3 is 2.43 bits per heavy atom. The van der Waals surface area contributed by atoms with Gasteiger partial charge in [-0.05, 0) is 31.8 Å². The van der Waals surface area contributed by atoms with Gasteiger partial charge in [0.1, 0.15) is 0 Å². The summed E-state index contributed by atoms with van der Waals surface area (Å²) in [6.07, 6.45) is 8.46. The summed E-state index contributed by atoms with van der Waals surface area (Å²) in [4.78, 5) is 0. The van der Waals surface area contributed by atoms with Gasteiger partial charge in [-0.15, -0.1) is 0 Å². The highest BCUT2D eigenvalue weighted by Crippen LogP contribution is 2.24. The first-order valence-electron chi connectivity index (χ1n) is 3.02. The summed E-state index contributed by atoms with van der Waals surface area (Å²) in [5.74, 6) is 0. The fourth-order valence-corrected chi connectivity index (χ4v) is 0.780. The maximum atomic E-state index is 3.30. The summed E-state index contributed by atoms with van der Waals surface area (Å²) in [6.45, 7) is 2.14. The van der Waals surface area contributed by atoms with E-state index in [9.17, 15) is 0 Å². The Morgan fingerprint density at radius 1 is 1.57 bits per heavy atom. The topological polar surface area (TPSA) is 0 Å². The van der Waals surface area contributed by atoms with Crippen LogP contribution in [-0.4, -0.2) is 0 Å². The lowest BCUT2D eigenvalue weighted by atomic mass is 9.92. The molecule has 0 aromatic rings. The molecule has 1 saturated carbocycles. The molecule has 0 atom stereocenters. The zero-order valence-corrected chi connectivity index (χ0v) is 4.83. The van der Waals surface area contributed by atoms with E-state index in [-0.39, 0.29) is 0 Å². The van der Waals surface area contributed by atoms with Gasteiger partial charge in [-0.25, -0.2) is 0 Å².